The second-order valence-corrected chi connectivity index (χ2v) is 1.40. The minimum Gasteiger partial charge on any atom is -0.385 e. The van der Waals surface area contributed by atoms with Crippen LogP contribution in [-0.2, 0) is 0 Å². The maximum atomic E-state index is 6.90. The lowest BCUT2D eigenvalue weighted by molar-refractivity contribution is 1.01. The van der Waals surface area contributed by atoms with E-state index < -0.39 is 0 Å². The Morgan fingerprint density at radius 1 is 1.62 bits per heavy atom. The molecule has 0 aromatic rings. The van der Waals surface area contributed by atoms with E-state index in [0.29, 0.717) is 12.3 Å². The summed E-state index contributed by atoms with van der Waals surface area (Å²) < 4.78 is 0. The molecule has 1 aliphatic rings. The van der Waals surface area contributed by atoms with Crippen LogP contribution >= 0.6 is 0 Å². The van der Waals surface area contributed by atoms with Crippen LogP contribution in [0.5, 0.6) is 0 Å². The molecular formula is C3H5N5. The van der Waals surface area contributed by atoms with E-state index in [4.69, 9.17) is 11.1 Å². The van der Waals surface area contributed by atoms with Crippen LogP contribution in [0.15, 0.2) is 15.4 Å². The van der Waals surface area contributed by atoms with Crippen molar-refractivity contribution in [3.63, 3.8) is 0 Å². The Labute approximate surface area is 45.8 Å². The third-order valence-corrected chi connectivity index (χ3v) is 0.687. The van der Waals surface area contributed by atoms with Crippen molar-refractivity contribution in [3.8, 4) is 0 Å². The first-order valence-electron chi connectivity index (χ1n) is 2.09. The fourth-order valence-electron chi connectivity index (χ4n) is 0.376. The second kappa shape index (κ2) is 1.69. The van der Waals surface area contributed by atoms with Crippen LogP contribution in [-0.4, -0.2) is 11.7 Å². The Bertz CT molecular complexity index is 167. The lowest BCUT2D eigenvalue weighted by Gasteiger charge is -1.97. The van der Waals surface area contributed by atoms with E-state index in [0.717, 1.165) is 0 Å². The number of nitrogens with one attached hydrogen (secondary N) is 1. The Morgan fingerprint density at radius 2 is 2.38 bits per heavy atom. The predicted molar refractivity (Wildman–Crippen MR) is 28.8 cm³/mol. The number of hydrogen-bond donors (Lipinski definition) is 2. The SMILES string of the molecule is N=C1CC(N)=NN=N1. The second-order valence-electron chi connectivity index (χ2n) is 1.40. The zero-order chi connectivity index (χ0) is 5.98. The molecule has 5 heteroatoms. The molecule has 0 spiro atoms. The van der Waals surface area contributed by atoms with Gasteiger partial charge in [0.25, 0.3) is 0 Å². The van der Waals surface area contributed by atoms with Gasteiger partial charge in [-0.05, 0) is 5.22 Å². The van der Waals surface area contributed by atoms with Gasteiger partial charge in [0.1, 0.15) is 5.84 Å². The average molecular weight is 111 g/mol. The van der Waals surface area contributed by atoms with E-state index in [1.165, 1.54) is 0 Å². The molecule has 1 aliphatic heterocycles. The zero-order valence-electron chi connectivity index (χ0n) is 4.13. The van der Waals surface area contributed by atoms with Crippen LogP contribution < -0.4 is 5.73 Å². The van der Waals surface area contributed by atoms with Crippen LogP contribution in [0, 0.1) is 5.41 Å². The van der Waals surface area contributed by atoms with Gasteiger partial charge in [-0.25, -0.2) is 0 Å². The summed E-state index contributed by atoms with van der Waals surface area (Å²) in [5.41, 5.74) is 5.18. The van der Waals surface area contributed by atoms with Gasteiger partial charge in [0, 0.05) is 0 Å². The van der Waals surface area contributed by atoms with Gasteiger partial charge in [0.05, 0.1) is 6.42 Å². The molecule has 0 aliphatic carbocycles. The van der Waals surface area contributed by atoms with Crippen molar-refractivity contribution in [1.29, 1.82) is 5.41 Å². The fraction of sp³-hybridized carbons (Fsp3) is 0.333. The van der Waals surface area contributed by atoms with Gasteiger partial charge in [0.15, 0.2) is 5.84 Å². The first-order valence-corrected chi connectivity index (χ1v) is 2.09. The molecule has 1 heterocycles. The first-order chi connectivity index (χ1) is 3.79. The van der Waals surface area contributed by atoms with E-state index in [1.54, 1.807) is 0 Å². The highest BCUT2D eigenvalue weighted by Crippen LogP contribution is 1.94. The molecule has 0 fully saturated rings. The van der Waals surface area contributed by atoms with E-state index in [9.17, 15) is 0 Å². The van der Waals surface area contributed by atoms with E-state index in [2.05, 4.69) is 15.4 Å². The number of hydrogen-bond acceptors (Lipinski definition) is 4. The third kappa shape index (κ3) is 0.868. The fourth-order valence-corrected chi connectivity index (χ4v) is 0.376. The summed E-state index contributed by atoms with van der Waals surface area (Å²) in [5.74, 6) is 0.516. The van der Waals surface area contributed by atoms with Crippen molar-refractivity contribution in [2.24, 2.45) is 21.2 Å². The van der Waals surface area contributed by atoms with Gasteiger partial charge in [0.2, 0.25) is 0 Å². The molecule has 0 radical (unpaired) electrons. The molecule has 0 unspecified atom stereocenters. The van der Waals surface area contributed by atoms with Crippen molar-refractivity contribution in [2.75, 3.05) is 0 Å². The lowest BCUT2D eigenvalue weighted by atomic mass is 10.4. The van der Waals surface area contributed by atoms with Crippen LogP contribution in [0.1, 0.15) is 6.42 Å². The molecule has 3 N–H and O–H groups in total. The van der Waals surface area contributed by atoms with Crippen LogP contribution in [0.2, 0.25) is 0 Å². The van der Waals surface area contributed by atoms with Crippen LogP contribution in [0.4, 0.5) is 0 Å². The molecule has 8 heavy (non-hydrogen) atoms. The van der Waals surface area contributed by atoms with Gasteiger partial charge in [-0.1, -0.05) is 0 Å². The van der Waals surface area contributed by atoms with Gasteiger partial charge in [-0.2, -0.15) is 0 Å². The molecule has 42 valence electrons. The molecule has 1 rings (SSSR count). The highest BCUT2D eigenvalue weighted by molar-refractivity contribution is 6.01. The molecule has 0 bridgehead atoms. The van der Waals surface area contributed by atoms with Gasteiger partial charge in [-0.3, -0.25) is 5.41 Å². The van der Waals surface area contributed by atoms with Crippen molar-refractivity contribution < 1.29 is 0 Å². The van der Waals surface area contributed by atoms with Crippen molar-refractivity contribution in [1.82, 2.24) is 0 Å². The molecular weight excluding hydrogens is 106 g/mol. The molecule has 0 aromatic carbocycles. The zero-order valence-corrected chi connectivity index (χ0v) is 4.13. The van der Waals surface area contributed by atoms with Gasteiger partial charge in [-0.15, -0.1) is 10.2 Å². The number of nitrogens with two attached hydrogens (primary N) is 1. The van der Waals surface area contributed by atoms with Crippen molar-refractivity contribution in [3.05, 3.63) is 0 Å². The third-order valence-electron chi connectivity index (χ3n) is 0.687. The quantitative estimate of drug-likeness (QED) is 0.456. The maximum absolute atomic E-state index is 6.90. The Morgan fingerprint density at radius 3 is 2.75 bits per heavy atom. The minimum atomic E-state index is 0.164. The summed E-state index contributed by atoms with van der Waals surface area (Å²) in [6.07, 6.45) is 0.323. The summed E-state index contributed by atoms with van der Waals surface area (Å²) in [5, 5.41) is 16.8. The largest absolute Gasteiger partial charge is 0.385 e. The minimum absolute atomic E-state index is 0.164. The molecule has 0 aromatic heterocycles. The Hall–Kier alpha value is -1.26. The molecule has 0 saturated heterocycles. The van der Waals surface area contributed by atoms with Crippen molar-refractivity contribution >= 4 is 11.7 Å². The predicted octanol–water partition coefficient (Wildman–Crippen LogP) is 0.0918. The van der Waals surface area contributed by atoms with Crippen LogP contribution in [0.3, 0.4) is 0 Å². The normalized spacial score (nSPS) is 18.5. The van der Waals surface area contributed by atoms with E-state index >= 15 is 0 Å². The summed E-state index contributed by atoms with van der Waals surface area (Å²) in [6.45, 7) is 0. The average Bonchev–Trinajstić information content (AvgIpc) is 1.64. The van der Waals surface area contributed by atoms with Gasteiger partial charge >= 0.3 is 0 Å². The standard InChI is InChI=1S/C3H5N5/c4-2-1-3(5)7-8-6-2/h1H2,(H3,4,5,6,7). The lowest BCUT2D eigenvalue weighted by Crippen LogP contribution is -2.16. The molecule has 0 amide bonds. The summed E-state index contributed by atoms with van der Waals surface area (Å²) in [4.78, 5) is 0. The molecule has 0 saturated carbocycles. The Kier molecular flexibility index (Phi) is 1.03. The topological polar surface area (TPSA) is 87.0 Å². The maximum Gasteiger partial charge on any atom is 0.152 e. The summed E-state index contributed by atoms with van der Waals surface area (Å²) >= 11 is 0. The number of nitrogens with zero attached hydrogens (tertiary/aromatic N) is 3. The summed E-state index contributed by atoms with van der Waals surface area (Å²) in [6, 6.07) is 0. The molecule has 0 atom stereocenters. The van der Waals surface area contributed by atoms with Crippen LogP contribution in [0.25, 0.3) is 0 Å². The molecule has 5 nitrogen and oxygen atoms in total. The number of amidine groups is 2. The smallest absolute Gasteiger partial charge is 0.152 e. The van der Waals surface area contributed by atoms with Gasteiger partial charge < -0.3 is 5.73 Å². The van der Waals surface area contributed by atoms with Crippen molar-refractivity contribution in [2.45, 2.75) is 6.42 Å². The first kappa shape index (κ1) is 4.89. The number of rotatable bonds is 0. The van der Waals surface area contributed by atoms with E-state index in [1.807, 2.05) is 0 Å². The monoisotopic (exact) mass is 111 g/mol. The highest BCUT2D eigenvalue weighted by Gasteiger charge is 2.01. The summed E-state index contributed by atoms with van der Waals surface area (Å²) in [7, 11) is 0. The highest BCUT2D eigenvalue weighted by atomic mass is 15.4. The van der Waals surface area contributed by atoms with E-state index in [-0.39, 0.29) is 5.84 Å². The Balaban J connectivity index is 2.73.